The minimum atomic E-state index is -0.480. The van der Waals surface area contributed by atoms with Gasteiger partial charge in [0.05, 0.1) is 12.2 Å². The molecule has 2 fully saturated rings. The SMILES string of the molecule is CC(C)(C)OC(=O)N1CC[C@H]1COc1cncc(C2C[C@@H]2CCO)c1. The van der Waals surface area contributed by atoms with Crippen LogP contribution in [0, 0.1) is 5.92 Å². The molecule has 3 rings (SSSR count). The van der Waals surface area contributed by atoms with Crippen molar-refractivity contribution in [2.24, 2.45) is 5.92 Å². The number of carbonyl (C=O) groups excluding carboxylic acids is 1. The molecule has 138 valence electrons. The van der Waals surface area contributed by atoms with Gasteiger partial charge < -0.3 is 19.5 Å². The number of hydrogen-bond acceptors (Lipinski definition) is 5. The van der Waals surface area contributed by atoms with Crippen molar-refractivity contribution in [3.63, 3.8) is 0 Å². The molecule has 0 spiro atoms. The van der Waals surface area contributed by atoms with Gasteiger partial charge in [-0.3, -0.25) is 4.98 Å². The van der Waals surface area contributed by atoms with Gasteiger partial charge in [0.2, 0.25) is 0 Å². The first-order chi connectivity index (χ1) is 11.9. The zero-order chi connectivity index (χ0) is 18.0. The molecule has 6 heteroatoms. The van der Waals surface area contributed by atoms with Gasteiger partial charge in [0.25, 0.3) is 0 Å². The van der Waals surface area contributed by atoms with Crippen LogP contribution in [0.4, 0.5) is 4.79 Å². The van der Waals surface area contributed by atoms with Crippen molar-refractivity contribution in [1.82, 2.24) is 9.88 Å². The second-order valence-corrected chi connectivity index (χ2v) is 8.00. The lowest BCUT2D eigenvalue weighted by molar-refractivity contribution is -0.0141. The van der Waals surface area contributed by atoms with Gasteiger partial charge in [-0.15, -0.1) is 0 Å². The summed E-state index contributed by atoms with van der Waals surface area (Å²) in [4.78, 5) is 18.1. The molecule has 1 aliphatic heterocycles. The molecule has 1 saturated carbocycles. The van der Waals surface area contributed by atoms with Crippen molar-refractivity contribution in [3.8, 4) is 5.75 Å². The van der Waals surface area contributed by atoms with Crippen LogP contribution in [-0.2, 0) is 4.74 Å². The van der Waals surface area contributed by atoms with Gasteiger partial charge in [-0.25, -0.2) is 4.79 Å². The Morgan fingerprint density at radius 2 is 2.20 bits per heavy atom. The van der Waals surface area contributed by atoms with Crippen molar-refractivity contribution in [3.05, 3.63) is 24.0 Å². The summed E-state index contributed by atoms with van der Waals surface area (Å²) in [7, 11) is 0. The van der Waals surface area contributed by atoms with Crippen molar-refractivity contribution >= 4 is 6.09 Å². The smallest absolute Gasteiger partial charge is 0.410 e. The number of amides is 1. The second-order valence-electron chi connectivity index (χ2n) is 8.00. The zero-order valence-electron chi connectivity index (χ0n) is 15.3. The molecule has 1 aromatic heterocycles. The van der Waals surface area contributed by atoms with Gasteiger partial charge >= 0.3 is 6.09 Å². The summed E-state index contributed by atoms with van der Waals surface area (Å²) < 4.78 is 11.3. The summed E-state index contributed by atoms with van der Waals surface area (Å²) in [5.74, 6) is 1.80. The summed E-state index contributed by atoms with van der Waals surface area (Å²) in [6.07, 6.45) is 6.20. The van der Waals surface area contributed by atoms with Crippen LogP contribution in [-0.4, -0.2) is 52.5 Å². The average Bonchev–Trinajstić information content (AvgIpc) is 3.24. The number of carbonyl (C=O) groups is 1. The maximum Gasteiger partial charge on any atom is 0.410 e. The molecule has 0 radical (unpaired) electrons. The highest BCUT2D eigenvalue weighted by Gasteiger charge is 2.38. The van der Waals surface area contributed by atoms with Crippen LogP contribution in [0.3, 0.4) is 0 Å². The normalized spacial score (nSPS) is 25.3. The topological polar surface area (TPSA) is 71.9 Å². The van der Waals surface area contributed by atoms with E-state index >= 15 is 0 Å². The van der Waals surface area contributed by atoms with Crippen molar-refractivity contribution < 1.29 is 19.4 Å². The standard InChI is InChI=1S/C19H28N2O4/c1-19(2,3)25-18(23)21-6-4-15(21)12-24-16-8-14(10-20-11-16)17-9-13(17)5-7-22/h8,10-11,13,15,17,22H,4-7,9,12H2,1-3H3/t13-,15-,17?/m0/s1. The third-order valence-electron chi connectivity index (χ3n) is 4.80. The predicted molar refractivity (Wildman–Crippen MR) is 93.6 cm³/mol. The predicted octanol–water partition coefficient (Wildman–Crippen LogP) is 2.96. The second kappa shape index (κ2) is 7.20. The summed E-state index contributed by atoms with van der Waals surface area (Å²) in [5, 5.41) is 9.03. The molecule has 6 nitrogen and oxygen atoms in total. The van der Waals surface area contributed by atoms with E-state index in [0.717, 1.165) is 25.0 Å². The average molecular weight is 348 g/mol. The summed E-state index contributed by atoms with van der Waals surface area (Å²) >= 11 is 0. The minimum Gasteiger partial charge on any atom is -0.490 e. The molecule has 2 heterocycles. The third kappa shape index (κ3) is 4.63. The van der Waals surface area contributed by atoms with Crippen LogP contribution >= 0.6 is 0 Å². The highest BCUT2D eigenvalue weighted by Crippen LogP contribution is 2.49. The first-order valence-electron chi connectivity index (χ1n) is 9.05. The molecule has 1 aromatic rings. The number of aliphatic hydroxyl groups is 1. The number of aliphatic hydroxyl groups excluding tert-OH is 1. The van der Waals surface area contributed by atoms with E-state index in [1.54, 1.807) is 11.1 Å². The number of likely N-dealkylation sites (tertiary alicyclic amines) is 1. The first kappa shape index (κ1) is 18.0. The lowest BCUT2D eigenvalue weighted by Crippen LogP contribution is -2.55. The van der Waals surface area contributed by atoms with E-state index in [-0.39, 0.29) is 18.7 Å². The van der Waals surface area contributed by atoms with Crippen LogP contribution in [0.1, 0.15) is 51.5 Å². The van der Waals surface area contributed by atoms with Gasteiger partial charge in [-0.2, -0.15) is 0 Å². The Kier molecular flexibility index (Phi) is 5.18. The first-order valence-corrected chi connectivity index (χ1v) is 9.05. The monoisotopic (exact) mass is 348 g/mol. The zero-order valence-corrected chi connectivity index (χ0v) is 15.3. The van der Waals surface area contributed by atoms with Crippen LogP contribution < -0.4 is 4.74 Å². The summed E-state index contributed by atoms with van der Waals surface area (Å²) in [5.41, 5.74) is 0.694. The molecule has 1 aliphatic carbocycles. The van der Waals surface area contributed by atoms with Crippen LogP contribution in [0.15, 0.2) is 18.5 Å². The maximum atomic E-state index is 12.1. The molecule has 0 bridgehead atoms. The summed E-state index contributed by atoms with van der Waals surface area (Å²) in [6.45, 7) is 7.02. The molecule has 1 N–H and O–H groups in total. The van der Waals surface area contributed by atoms with Crippen LogP contribution in [0.2, 0.25) is 0 Å². The fraction of sp³-hybridized carbons (Fsp3) is 0.684. The minimum absolute atomic E-state index is 0.0570. The lowest BCUT2D eigenvalue weighted by Gasteiger charge is -2.40. The molecule has 2 aliphatic rings. The lowest BCUT2D eigenvalue weighted by atomic mass is 10.1. The fourth-order valence-electron chi connectivity index (χ4n) is 3.23. The summed E-state index contributed by atoms with van der Waals surface area (Å²) in [6, 6.07) is 2.09. The number of hydrogen-bond donors (Lipinski definition) is 1. The Labute approximate surface area is 149 Å². The molecule has 1 unspecified atom stereocenters. The van der Waals surface area contributed by atoms with Gasteiger partial charge in [-0.05, 0) is 63.5 Å². The molecule has 1 saturated heterocycles. The van der Waals surface area contributed by atoms with Gasteiger partial charge in [-0.1, -0.05) is 0 Å². The Hall–Kier alpha value is -1.82. The number of nitrogens with zero attached hydrogens (tertiary/aromatic N) is 2. The van der Waals surface area contributed by atoms with Gasteiger partial charge in [0, 0.05) is 19.3 Å². The highest BCUT2D eigenvalue weighted by atomic mass is 16.6. The highest BCUT2D eigenvalue weighted by molar-refractivity contribution is 5.69. The number of rotatable bonds is 6. The Morgan fingerprint density at radius 1 is 1.40 bits per heavy atom. The molecule has 25 heavy (non-hydrogen) atoms. The molecule has 0 aromatic carbocycles. The molecule has 3 atom stereocenters. The molecular weight excluding hydrogens is 320 g/mol. The van der Waals surface area contributed by atoms with E-state index in [1.807, 2.05) is 33.0 Å². The Morgan fingerprint density at radius 3 is 2.84 bits per heavy atom. The Balaban J connectivity index is 1.50. The van der Waals surface area contributed by atoms with E-state index in [0.29, 0.717) is 25.0 Å². The number of pyridine rings is 1. The number of aromatic nitrogens is 1. The van der Waals surface area contributed by atoms with Gasteiger partial charge in [0.1, 0.15) is 18.0 Å². The fourth-order valence-corrected chi connectivity index (χ4v) is 3.23. The van der Waals surface area contributed by atoms with E-state index in [2.05, 4.69) is 4.98 Å². The van der Waals surface area contributed by atoms with Crippen molar-refractivity contribution in [2.45, 2.75) is 57.6 Å². The third-order valence-corrected chi connectivity index (χ3v) is 4.80. The molecule has 1 amide bonds. The Bertz CT molecular complexity index is 614. The molecular formula is C19H28N2O4. The largest absolute Gasteiger partial charge is 0.490 e. The number of ether oxygens (including phenoxy) is 2. The van der Waals surface area contributed by atoms with Crippen LogP contribution in [0.5, 0.6) is 5.75 Å². The maximum absolute atomic E-state index is 12.1. The van der Waals surface area contributed by atoms with E-state index in [1.165, 1.54) is 5.56 Å². The van der Waals surface area contributed by atoms with Crippen LogP contribution in [0.25, 0.3) is 0 Å². The quantitative estimate of drug-likeness (QED) is 0.856. The van der Waals surface area contributed by atoms with Crippen molar-refractivity contribution in [2.75, 3.05) is 19.8 Å². The van der Waals surface area contributed by atoms with E-state index in [9.17, 15) is 4.79 Å². The van der Waals surface area contributed by atoms with E-state index < -0.39 is 5.60 Å². The van der Waals surface area contributed by atoms with E-state index in [4.69, 9.17) is 14.6 Å². The van der Waals surface area contributed by atoms with Gasteiger partial charge in [0.15, 0.2) is 0 Å². The van der Waals surface area contributed by atoms with Crippen molar-refractivity contribution in [1.29, 1.82) is 0 Å².